The van der Waals surface area contributed by atoms with E-state index in [1.807, 2.05) is 6.92 Å². The maximum absolute atomic E-state index is 7.45. The molecule has 0 unspecified atom stereocenters. The fraction of sp³-hybridized carbons (Fsp3) is 0.583. The number of amidine groups is 1. The van der Waals surface area contributed by atoms with E-state index >= 15 is 0 Å². The number of anilines is 1. The zero-order chi connectivity index (χ0) is 13.1. The summed E-state index contributed by atoms with van der Waals surface area (Å²) in [4.78, 5) is 10.9. The molecule has 0 saturated carbocycles. The molecule has 1 aromatic heterocycles. The Bertz CT molecular complexity index is 440. The Hall–Kier alpha value is -1.69. The van der Waals surface area contributed by atoms with Crippen LogP contribution in [-0.2, 0) is 4.74 Å². The highest BCUT2D eigenvalue weighted by Crippen LogP contribution is 2.18. The van der Waals surface area contributed by atoms with Crippen molar-refractivity contribution in [1.29, 1.82) is 5.41 Å². The summed E-state index contributed by atoms with van der Waals surface area (Å²) >= 11 is 0. The van der Waals surface area contributed by atoms with Gasteiger partial charge in [0.05, 0.1) is 6.10 Å². The molecule has 1 fully saturated rings. The van der Waals surface area contributed by atoms with Gasteiger partial charge in [-0.05, 0) is 25.8 Å². The predicted octanol–water partition coefficient (Wildman–Crippen LogP) is 0.684. The van der Waals surface area contributed by atoms with E-state index in [9.17, 15) is 0 Å². The van der Waals surface area contributed by atoms with Crippen LogP contribution in [0, 0.1) is 12.3 Å². The molecule has 0 aromatic carbocycles. The zero-order valence-corrected chi connectivity index (χ0v) is 10.8. The summed E-state index contributed by atoms with van der Waals surface area (Å²) in [6.07, 6.45) is 2.28. The van der Waals surface area contributed by atoms with Crippen LogP contribution in [0.4, 0.5) is 5.95 Å². The first-order valence-corrected chi connectivity index (χ1v) is 6.08. The van der Waals surface area contributed by atoms with Crippen molar-refractivity contribution in [3.8, 4) is 0 Å². The van der Waals surface area contributed by atoms with Gasteiger partial charge in [-0.15, -0.1) is 0 Å². The van der Waals surface area contributed by atoms with Gasteiger partial charge in [0.25, 0.3) is 0 Å². The molecule has 1 saturated heterocycles. The molecule has 0 bridgehead atoms. The second kappa shape index (κ2) is 5.30. The minimum absolute atomic E-state index is 0.0199. The molecule has 98 valence electrons. The van der Waals surface area contributed by atoms with Crippen molar-refractivity contribution in [3.63, 3.8) is 0 Å². The molecule has 1 aliphatic heterocycles. The quantitative estimate of drug-likeness (QED) is 0.607. The molecule has 6 nitrogen and oxygen atoms in total. The smallest absolute Gasteiger partial charge is 0.226 e. The molecule has 3 N–H and O–H groups in total. The van der Waals surface area contributed by atoms with Gasteiger partial charge in [-0.25, -0.2) is 9.97 Å². The van der Waals surface area contributed by atoms with Crippen molar-refractivity contribution in [2.75, 3.05) is 25.1 Å². The number of rotatable bonds is 3. The first-order chi connectivity index (χ1) is 8.60. The highest BCUT2D eigenvalue weighted by molar-refractivity contribution is 5.93. The molecule has 0 spiro atoms. The van der Waals surface area contributed by atoms with Gasteiger partial charge in [0.1, 0.15) is 11.5 Å². The average molecular weight is 249 g/mol. The number of hydrogen-bond acceptors (Lipinski definition) is 5. The fourth-order valence-corrected chi connectivity index (χ4v) is 2.12. The molecule has 0 amide bonds. The number of nitrogens with one attached hydrogen (secondary N) is 1. The molecule has 2 rings (SSSR count). The van der Waals surface area contributed by atoms with Crippen LogP contribution in [0.25, 0.3) is 0 Å². The number of aromatic nitrogens is 2. The van der Waals surface area contributed by atoms with Crippen molar-refractivity contribution >= 4 is 11.8 Å². The van der Waals surface area contributed by atoms with Crippen LogP contribution in [0.3, 0.4) is 0 Å². The maximum Gasteiger partial charge on any atom is 0.226 e. The van der Waals surface area contributed by atoms with Gasteiger partial charge >= 0.3 is 0 Å². The summed E-state index contributed by atoms with van der Waals surface area (Å²) in [5.74, 6) is 0.642. The van der Waals surface area contributed by atoms with Crippen molar-refractivity contribution in [2.24, 2.45) is 5.73 Å². The Labute approximate surface area is 107 Å². The molecule has 1 aromatic rings. The van der Waals surface area contributed by atoms with Gasteiger partial charge in [0.15, 0.2) is 0 Å². The highest BCUT2D eigenvalue weighted by Gasteiger charge is 2.21. The van der Waals surface area contributed by atoms with E-state index in [1.54, 1.807) is 13.2 Å². The van der Waals surface area contributed by atoms with Crippen molar-refractivity contribution in [3.05, 3.63) is 17.5 Å². The van der Waals surface area contributed by atoms with Crippen LogP contribution in [0.15, 0.2) is 6.07 Å². The summed E-state index contributed by atoms with van der Waals surface area (Å²) in [6.45, 7) is 3.64. The lowest BCUT2D eigenvalue weighted by molar-refractivity contribution is 0.0816. The predicted molar refractivity (Wildman–Crippen MR) is 70.0 cm³/mol. The van der Waals surface area contributed by atoms with Crippen LogP contribution in [0.2, 0.25) is 0 Å². The van der Waals surface area contributed by atoms with Crippen LogP contribution in [0.5, 0.6) is 0 Å². The number of hydrogen-bond donors (Lipinski definition) is 2. The largest absolute Gasteiger partial charge is 0.382 e. The maximum atomic E-state index is 7.45. The summed E-state index contributed by atoms with van der Waals surface area (Å²) in [5, 5.41) is 7.45. The lowest BCUT2D eigenvalue weighted by Crippen LogP contribution is -2.38. The first-order valence-electron chi connectivity index (χ1n) is 6.08. The van der Waals surface area contributed by atoms with Gasteiger partial charge in [0, 0.05) is 25.9 Å². The third-order valence-electron chi connectivity index (χ3n) is 3.18. The molecule has 0 radical (unpaired) electrons. The van der Waals surface area contributed by atoms with E-state index in [-0.39, 0.29) is 5.84 Å². The van der Waals surface area contributed by atoms with Crippen LogP contribution in [-0.4, -0.2) is 42.1 Å². The summed E-state index contributed by atoms with van der Waals surface area (Å²) < 4.78 is 5.34. The Morgan fingerprint density at radius 3 is 2.67 bits per heavy atom. The molecule has 0 atom stereocenters. The van der Waals surface area contributed by atoms with E-state index < -0.39 is 0 Å². The number of aryl methyl sites for hydroxylation is 1. The van der Waals surface area contributed by atoms with Crippen molar-refractivity contribution in [2.45, 2.75) is 25.9 Å². The Morgan fingerprint density at radius 1 is 1.44 bits per heavy atom. The molecule has 18 heavy (non-hydrogen) atoms. The second-order valence-electron chi connectivity index (χ2n) is 4.53. The second-order valence-corrected chi connectivity index (χ2v) is 4.53. The Morgan fingerprint density at radius 2 is 2.11 bits per heavy atom. The normalized spacial score (nSPS) is 16.9. The first kappa shape index (κ1) is 12.8. The number of ether oxygens (including phenoxy) is 1. The van der Waals surface area contributed by atoms with Gasteiger partial charge in [0.2, 0.25) is 5.95 Å². The molecule has 1 aliphatic rings. The SMILES string of the molecule is COC1CCN(c2nc(C)cc(C(=N)N)n2)CC1. The van der Waals surface area contributed by atoms with E-state index in [1.165, 1.54) is 0 Å². The lowest BCUT2D eigenvalue weighted by atomic mass is 10.1. The fourth-order valence-electron chi connectivity index (χ4n) is 2.12. The number of piperidine rings is 1. The summed E-state index contributed by atoms with van der Waals surface area (Å²) in [6, 6.07) is 1.73. The van der Waals surface area contributed by atoms with E-state index in [4.69, 9.17) is 15.9 Å². The van der Waals surface area contributed by atoms with E-state index in [0.29, 0.717) is 17.7 Å². The van der Waals surface area contributed by atoms with Crippen LogP contribution < -0.4 is 10.6 Å². The Kier molecular flexibility index (Phi) is 3.76. The van der Waals surface area contributed by atoms with Gasteiger partial charge in [-0.1, -0.05) is 0 Å². The van der Waals surface area contributed by atoms with Crippen molar-refractivity contribution < 1.29 is 4.74 Å². The molecule has 6 heteroatoms. The van der Waals surface area contributed by atoms with Gasteiger partial charge < -0.3 is 15.4 Å². The lowest BCUT2D eigenvalue weighted by Gasteiger charge is -2.31. The third-order valence-corrected chi connectivity index (χ3v) is 3.18. The standard InChI is InChI=1S/C12H19N5O/c1-8-7-10(11(13)14)16-12(15-8)17-5-3-9(18-2)4-6-17/h7,9H,3-6H2,1-2H3,(H3,13,14). The van der Waals surface area contributed by atoms with Gasteiger partial charge in [-0.2, -0.15) is 0 Å². The minimum atomic E-state index is -0.0199. The third kappa shape index (κ3) is 2.76. The summed E-state index contributed by atoms with van der Waals surface area (Å²) in [7, 11) is 1.75. The topological polar surface area (TPSA) is 88.1 Å². The van der Waals surface area contributed by atoms with Crippen LogP contribution in [0.1, 0.15) is 24.2 Å². The Balaban J connectivity index is 2.16. The molecule has 2 heterocycles. The highest BCUT2D eigenvalue weighted by atomic mass is 16.5. The number of nitrogen functional groups attached to an aromatic ring is 1. The monoisotopic (exact) mass is 249 g/mol. The van der Waals surface area contributed by atoms with Crippen LogP contribution >= 0.6 is 0 Å². The molecular formula is C12H19N5O. The summed E-state index contributed by atoms with van der Waals surface area (Å²) in [5.41, 5.74) is 6.80. The average Bonchev–Trinajstić information content (AvgIpc) is 2.38. The van der Waals surface area contributed by atoms with E-state index in [0.717, 1.165) is 31.6 Å². The number of methoxy groups -OCH3 is 1. The molecule has 0 aliphatic carbocycles. The number of nitrogens with zero attached hydrogens (tertiary/aromatic N) is 3. The number of nitrogens with two attached hydrogens (primary N) is 1. The minimum Gasteiger partial charge on any atom is -0.382 e. The van der Waals surface area contributed by atoms with Gasteiger partial charge in [-0.3, -0.25) is 5.41 Å². The molecular weight excluding hydrogens is 230 g/mol. The van der Waals surface area contributed by atoms with E-state index in [2.05, 4.69) is 14.9 Å². The van der Waals surface area contributed by atoms with Crippen molar-refractivity contribution in [1.82, 2.24) is 9.97 Å². The zero-order valence-electron chi connectivity index (χ0n) is 10.8.